The summed E-state index contributed by atoms with van der Waals surface area (Å²) in [5.74, 6) is 0.548. The highest BCUT2D eigenvalue weighted by molar-refractivity contribution is 6.31. The Morgan fingerprint density at radius 1 is 1.38 bits per heavy atom. The molecule has 0 spiro atoms. The number of aryl methyl sites for hydroxylation is 2. The van der Waals surface area contributed by atoms with Crippen molar-refractivity contribution in [1.29, 1.82) is 0 Å². The summed E-state index contributed by atoms with van der Waals surface area (Å²) in [6.45, 7) is 3.57. The van der Waals surface area contributed by atoms with Crippen LogP contribution in [0.1, 0.15) is 23.2 Å². The number of carbonyl (C=O) groups is 1. The number of rotatable bonds is 5. The number of amides is 1. The van der Waals surface area contributed by atoms with Gasteiger partial charge in [-0.25, -0.2) is 9.97 Å². The van der Waals surface area contributed by atoms with Gasteiger partial charge in [0.15, 0.2) is 0 Å². The summed E-state index contributed by atoms with van der Waals surface area (Å²) >= 11 is 6.07. The van der Waals surface area contributed by atoms with Crippen molar-refractivity contribution >= 4 is 29.0 Å². The van der Waals surface area contributed by atoms with E-state index in [1.807, 2.05) is 6.92 Å². The van der Waals surface area contributed by atoms with Gasteiger partial charge in [0.1, 0.15) is 12.1 Å². The molecule has 8 nitrogen and oxygen atoms in total. The Bertz CT molecular complexity index is 1040. The Morgan fingerprint density at radius 3 is 2.88 bits per heavy atom. The molecule has 2 N–H and O–H groups in total. The van der Waals surface area contributed by atoms with Crippen LogP contribution in [-0.4, -0.2) is 32.6 Å². The molecule has 0 fully saturated rings. The molecule has 2 heterocycles. The number of ether oxygens (including phenoxy) is 1. The first-order valence-electron chi connectivity index (χ1n) is 7.96. The van der Waals surface area contributed by atoms with Gasteiger partial charge in [0.2, 0.25) is 5.91 Å². The second-order valence-electron chi connectivity index (χ2n) is 5.85. The molecule has 1 aromatic carbocycles. The minimum absolute atomic E-state index is 0.128. The van der Waals surface area contributed by atoms with Crippen molar-refractivity contribution in [2.24, 2.45) is 0 Å². The fraction of sp³-hybridized carbons (Fsp3) is 0.294. The quantitative estimate of drug-likeness (QED) is 0.712. The topological polar surface area (TPSA) is 101 Å². The Kier molecular flexibility index (Phi) is 4.94. The van der Waals surface area contributed by atoms with Crippen LogP contribution in [0.2, 0.25) is 5.02 Å². The third-order valence-electron chi connectivity index (χ3n) is 4.09. The number of halogens is 1. The van der Waals surface area contributed by atoms with Crippen molar-refractivity contribution in [2.75, 3.05) is 12.4 Å². The van der Waals surface area contributed by atoms with E-state index in [9.17, 15) is 9.59 Å². The van der Waals surface area contributed by atoms with Gasteiger partial charge in [0.05, 0.1) is 18.5 Å². The number of nitrogens with zero attached hydrogens (tertiary/aromatic N) is 3. The summed E-state index contributed by atoms with van der Waals surface area (Å²) in [5, 5.41) is 6.07. The third kappa shape index (κ3) is 3.41. The maximum absolute atomic E-state index is 12.4. The van der Waals surface area contributed by atoms with E-state index in [0.717, 1.165) is 5.56 Å². The van der Waals surface area contributed by atoms with Crippen LogP contribution in [0.15, 0.2) is 23.3 Å². The van der Waals surface area contributed by atoms with E-state index in [1.54, 1.807) is 19.1 Å². The Morgan fingerprint density at radius 2 is 2.15 bits per heavy atom. The molecule has 9 heteroatoms. The van der Waals surface area contributed by atoms with Gasteiger partial charge in [-0.15, -0.1) is 0 Å². The normalized spacial score (nSPS) is 10.9. The number of nitrogens with one attached hydrogen (secondary N) is 2. The minimum Gasteiger partial charge on any atom is -0.495 e. The van der Waals surface area contributed by atoms with Gasteiger partial charge in [-0.05, 0) is 31.9 Å². The molecule has 0 aliphatic carbocycles. The van der Waals surface area contributed by atoms with Gasteiger partial charge in [-0.2, -0.15) is 4.52 Å². The summed E-state index contributed by atoms with van der Waals surface area (Å²) in [7, 11) is 1.51. The number of H-pyrrole nitrogens is 1. The van der Waals surface area contributed by atoms with Crippen molar-refractivity contribution in [3.8, 4) is 5.75 Å². The van der Waals surface area contributed by atoms with Crippen molar-refractivity contribution in [3.63, 3.8) is 0 Å². The van der Waals surface area contributed by atoms with Crippen LogP contribution in [0.25, 0.3) is 5.78 Å². The number of fused-ring (bicyclic) bond motifs is 1. The average molecular weight is 376 g/mol. The van der Waals surface area contributed by atoms with Gasteiger partial charge in [0.25, 0.3) is 11.3 Å². The molecule has 1 amide bonds. The predicted molar refractivity (Wildman–Crippen MR) is 98.0 cm³/mol. The minimum atomic E-state index is -0.252. The van der Waals surface area contributed by atoms with Crippen LogP contribution in [0.5, 0.6) is 5.75 Å². The smallest absolute Gasteiger partial charge is 0.277 e. The van der Waals surface area contributed by atoms with Gasteiger partial charge in [-0.1, -0.05) is 11.6 Å². The highest BCUT2D eigenvalue weighted by Gasteiger charge is 2.14. The number of carbonyl (C=O) groups excluding carboxylic acids is 1. The number of benzene rings is 1. The van der Waals surface area contributed by atoms with Crippen LogP contribution in [-0.2, 0) is 11.2 Å². The molecule has 0 radical (unpaired) electrons. The summed E-state index contributed by atoms with van der Waals surface area (Å²) < 4.78 is 6.50. The highest BCUT2D eigenvalue weighted by atomic mass is 35.5. The Labute approximate surface area is 154 Å². The first-order valence-corrected chi connectivity index (χ1v) is 8.34. The van der Waals surface area contributed by atoms with Gasteiger partial charge < -0.3 is 10.1 Å². The lowest BCUT2D eigenvalue weighted by molar-refractivity contribution is -0.116. The number of hydrogen-bond acceptors (Lipinski definition) is 5. The Hall–Kier alpha value is -2.87. The zero-order valence-electron chi connectivity index (χ0n) is 14.6. The predicted octanol–water partition coefficient (Wildman–Crippen LogP) is 2.27. The van der Waals surface area contributed by atoms with E-state index in [1.165, 1.54) is 18.0 Å². The van der Waals surface area contributed by atoms with Crippen LogP contribution in [0.3, 0.4) is 0 Å². The maximum atomic E-state index is 12.4. The van der Waals surface area contributed by atoms with Crippen molar-refractivity contribution in [3.05, 3.63) is 50.7 Å². The molecule has 2 aromatic heterocycles. The first kappa shape index (κ1) is 17.9. The summed E-state index contributed by atoms with van der Waals surface area (Å²) in [6.07, 6.45) is 1.79. The van der Waals surface area contributed by atoms with E-state index >= 15 is 0 Å². The molecule has 0 unspecified atom stereocenters. The molecule has 0 saturated carbocycles. The van der Waals surface area contributed by atoms with Crippen molar-refractivity contribution in [1.82, 2.24) is 19.6 Å². The van der Waals surface area contributed by atoms with Crippen LogP contribution in [0, 0.1) is 13.8 Å². The largest absolute Gasteiger partial charge is 0.495 e. The first-order chi connectivity index (χ1) is 12.4. The lowest BCUT2D eigenvalue weighted by atomic mass is 10.1. The molecule has 26 heavy (non-hydrogen) atoms. The number of hydrogen-bond donors (Lipinski definition) is 2. The zero-order chi connectivity index (χ0) is 18.8. The summed E-state index contributed by atoms with van der Waals surface area (Å²) in [4.78, 5) is 33.0. The molecule has 136 valence electrons. The average Bonchev–Trinajstić information content (AvgIpc) is 3.06. The van der Waals surface area contributed by atoms with Crippen LogP contribution in [0.4, 0.5) is 5.69 Å². The lowest BCUT2D eigenvalue weighted by Gasteiger charge is -2.12. The molecule has 0 saturated heterocycles. The van der Waals surface area contributed by atoms with Gasteiger partial charge >= 0.3 is 0 Å². The van der Waals surface area contributed by atoms with E-state index in [2.05, 4.69) is 20.4 Å². The SMILES string of the molecule is COc1cc(Cl)c(C)cc1NC(=O)CCc1c(C)nc2nc[nH]n2c1=O. The molecular formula is C17H18ClN5O3. The second kappa shape index (κ2) is 7.17. The van der Waals surface area contributed by atoms with E-state index in [0.29, 0.717) is 33.5 Å². The van der Waals surface area contributed by atoms with E-state index in [4.69, 9.17) is 16.3 Å². The van der Waals surface area contributed by atoms with Crippen LogP contribution >= 0.6 is 11.6 Å². The molecule has 0 atom stereocenters. The Balaban J connectivity index is 1.76. The van der Waals surface area contributed by atoms with Gasteiger partial charge in [0, 0.05) is 23.1 Å². The van der Waals surface area contributed by atoms with Crippen LogP contribution < -0.4 is 15.6 Å². The standard InChI is InChI=1S/C17H18ClN5O3/c1-9-6-13(14(26-3)7-12(9)18)22-15(24)5-4-11-10(2)21-17-19-8-20-23(17)16(11)25/h6-8H,4-5H2,1-3H3,(H,22,24)(H,19,20,21). The second-order valence-corrected chi connectivity index (χ2v) is 6.26. The third-order valence-corrected chi connectivity index (χ3v) is 4.50. The summed E-state index contributed by atoms with van der Waals surface area (Å²) in [6, 6.07) is 3.40. The molecule has 3 rings (SSSR count). The van der Waals surface area contributed by atoms with E-state index in [-0.39, 0.29) is 24.3 Å². The molecule has 0 aliphatic rings. The number of anilines is 1. The number of aromatic amines is 1. The fourth-order valence-electron chi connectivity index (χ4n) is 2.66. The molecule has 0 aliphatic heterocycles. The van der Waals surface area contributed by atoms with Gasteiger partial charge in [-0.3, -0.25) is 14.7 Å². The number of methoxy groups -OCH3 is 1. The molecular weight excluding hydrogens is 358 g/mol. The number of aromatic nitrogens is 4. The fourth-order valence-corrected chi connectivity index (χ4v) is 2.82. The monoisotopic (exact) mass is 375 g/mol. The van der Waals surface area contributed by atoms with Crippen molar-refractivity contribution < 1.29 is 9.53 Å². The lowest BCUT2D eigenvalue weighted by Crippen LogP contribution is -2.23. The highest BCUT2D eigenvalue weighted by Crippen LogP contribution is 2.31. The molecule has 3 aromatic rings. The molecule has 0 bridgehead atoms. The summed E-state index contributed by atoms with van der Waals surface area (Å²) in [5.41, 5.74) is 2.15. The van der Waals surface area contributed by atoms with E-state index < -0.39 is 0 Å². The van der Waals surface area contributed by atoms with Crippen molar-refractivity contribution in [2.45, 2.75) is 26.7 Å². The zero-order valence-corrected chi connectivity index (χ0v) is 15.3. The maximum Gasteiger partial charge on any atom is 0.277 e.